The summed E-state index contributed by atoms with van der Waals surface area (Å²) in [5.41, 5.74) is 2.52. The number of aromatic nitrogens is 1. The number of nitrogens with zero attached hydrogens (tertiary/aromatic N) is 1. The van der Waals surface area contributed by atoms with Crippen LogP contribution in [0.15, 0.2) is 77.6 Å². The number of para-hydroxylation sites is 3. The maximum atomic E-state index is 13.0. The van der Waals surface area contributed by atoms with Crippen LogP contribution in [0.4, 0.5) is 0 Å². The summed E-state index contributed by atoms with van der Waals surface area (Å²) in [6.45, 7) is 0.715. The van der Waals surface area contributed by atoms with E-state index in [-0.39, 0.29) is 23.9 Å². The number of ether oxygens (including phenoxy) is 1. The fourth-order valence-corrected chi connectivity index (χ4v) is 4.12. The molecule has 5 nitrogen and oxygen atoms in total. The van der Waals surface area contributed by atoms with Crippen LogP contribution in [-0.2, 0) is 11.3 Å². The molecule has 4 aromatic rings. The van der Waals surface area contributed by atoms with Crippen LogP contribution in [0.5, 0.6) is 5.75 Å². The third-order valence-corrected chi connectivity index (χ3v) is 5.47. The fraction of sp³-hybridized carbons (Fsp3) is 0.167. The van der Waals surface area contributed by atoms with Gasteiger partial charge in [0.1, 0.15) is 12.3 Å². The lowest BCUT2D eigenvalue weighted by atomic mass is 10.0. The van der Waals surface area contributed by atoms with Gasteiger partial charge >= 0.3 is 0 Å². The summed E-state index contributed by atoms with van der Waals surface area (Å²) in [7, 11) is 0. The van der Waals surface area contributed by atoms with Crippen LogP contribution in [0, 0.1) is 0 Å². The monoisotopic (exact) mass is 384 g/mol. The molecule has 1 aromatic heterocycles. The Morgan fingerprint density at radius 1 is 0.931 bits per heavy atom. The van der Waals surface area contributed by atoms with E-state index in [0.29, 0.717) is 17.4 Å². The zero-order valence-electron chi connectivity index (χ0n) is 15.8. The Labute approximate surface area is 167 Å². The molecule has 0 aliphatic carbocycles. The van der Waals surface area contributed by atoms with Gasteiger partial charge in [0.25, 0.3) is 0 Å². The van der Waals surface area contributed by atoms with Gasteiger partial charge in [0.15, 0.2) is 5.43 Å². The molecule has 1 aliphatic heterocycles. The molecule has 144 valence electrons. The molecule has 0 bridgehead atoms. The first-order chi connectivity index (χ1) is 14.2. The van der Waals surface area contributed by atoms with Gasteiger partial charge < -0.3 is 14.6 Å². The number of benzene rings is 3. The molecule has 0 fully saturated rings. The highest BCUT2D eigenvalue weighted by atomic mass is 16.5. The molecule has 0 spiro atoms. The molecule has 1 N–H and O–H groups in total. The molecular weight excluding hydrogens is 364 g/mol. The van der Waals surface area contributed by atoms with E-state index in [0.717, 1.165) is 28.8 Å². The Kier molecular flexibility index (Phi) is 4.28. The highest BCUT2D eigenvalue weighted by molar-refractivity contribution is 5.94. The molecule has 0 saturated heterocycles. The van der Waals surface area contributed by atoms with Crippen molar-refractivity contribution in [3.05, 3.63) is 88.6 Å². The predicted molar refractivity (Wildman–Crippen MR) is 113 cm³/mol. The van der Waals surface area contributed by atoms with Crippen LogP contribution in [-0.4, -0.2) is 17.1 Å². The largest absolute Gasteiger partial charge is 0.493 e. The van der Waals surface area contributed by atoms with Crippen molar-refractivity contribution in [2.45, 2.75) is 19.0 Å². The third-order valence-electron chi connectivity index (χ3n) is 5.47. The molecule has 1 atom stereocenters. The minimum Gasteiger partial charge on any atom is -0.493 e. The van der Waals surface area contributed by atoms with Gasteiger partial charge in [-0.1, -0.05) is 42.5 Å². The summed E-state index contributed by atoms with van der Waals surface area (Å²) in [4.78, 5) is 25.9. The predicted octanol–water partition coefficient (Wildman–Crippen LogP) is 3.79. The smallest absolute Gasteiger partial charge is 0.240 e. The van der Waals surface area contributed by atoms with Crippen LogP contribution in [0.25, 0.3) is 21.8 Å². The molecule has 1 aliphatic rings. The molecule has 5 rings (SSSR count). The third kappa shape index (κ3) is 3.05. The second kappa shape index (κ2) is 7.09. The van der Waals surface area contributed by atoms with E-state index in [2.05, 4.69) is 5.32 Å². The summed E-state index contributed by atoms with van der Waals surface area (Å²) in [5.74, 6) is 0.731. The average Bonchev–Trinajstić information content (AvgIpc) is 2.77. The molecule has 1 amide bonds. The van der Waals surface area contributed by atoms with Gasteiger partial charge in [0, 0.05) is 22.8 Å². The van der Waals surface area contributed by atoms with Crippen LogP contribution in [0.3, 0.4) is 0 Å². The van der Waals surface area contributed by atoms with Crippen molar-refractivity contribution in [2.75, 3.05) is 6.61 Å². The summed E-state index contributed by atoms with van der Waals surface area (Å²) in [6, 6.07) is 22.6. The average molecular weight is 384 g/mol. The summed E-state index contributed by atoms with van der Waals surface area (Å²) in [5, 5.41) is 4.39. The van der Waals surface area contributed by atoms with E-state index in [1.165, 1.54) is 0 Å². The second-order valence-corrected chi connectivity index (χ2v) is 7.24. The summed E-state index contributed by atoms with van der Waals surface area (Å²) in [6.07, 6.45) is 0.731. The van der Waals surface area contributed by atoms with E-state index in [9.17, 15) is 9.59 Å². The summed E-state index contributed by atoms with van der Waals surface area (Å²) >= 11 is 0. The zero-order valence-corrected chi connectivity index (χ0v) is 15.8. The Morgan fingerprint density at radius 3 is 2.28 bits per heavy atom. The van der Waals surface area contributed by atoms with Crippen molar-refractivity contribution in [1.29, 1.82) is 0 Å². The van der Waals surface area contributed by atoms with Crippen LogP contribution in [0.2, 0.25) is 0 Å². The first-order valence-electron chi connectivity index (χ1n) is 9.74. The van der Waals surface area contributed by atoms with Gasteiger partial charge in [-0.2, -0.15) is 0 Å². The van der Waals surface area contributed by atoms with Gasteiger partial charge in [0.05, 0.1) is 23.7 Å². The lowest BCUT2D eigenvalue weighted by molar-refractivity contribution is -0.122. The highest BCUT2D eigenvalue weighted by Crippen LogP contribution is 2.31. The van der Waals surface area contributed by atoms with Crippen LogP contribution in [0.1, 0.15) is 18.0 Å². The number of hydrogen-bond donors (Lipinski definition) is 1. The van der Waals surface area contributed by atoms with Crippen molar-refractivity contribution in [2.24, 2.45) is 0 Å². The number of rotatable bonds is 3. The topological polar surface area (TPSA) is 60.3 Å². The molecule has 1 unspecified atom stereocenters. The van der Waals surface area contributed by atoms with Crippen LogP contribution >= 0.6 is 0 Å². The number of nitrogens with one attached hydrogen (secondary N) is 1. The van der Waals surface area contributed by atoms with Gasteiger partial charge in [-0.05, 0) is 30.3 Å². The van der Waals surface area contributed by atoms with Gasteiger partial charge in [-0.25, -0.2) is 0 Å². The number of amides is 1. The quantitative estimate of drug-likeness (QED) is 0.547. The normalized spacial score (nSPS) is 15.7. The van der Waals surface area contributed by atoms with Crippen molar-refractivity contribution in [1.82, 2.24) is 9.88 Å². The van der Waals surface area contributed by atoms with E-state index >= 15 is 0 Å². The van der Waals surface area contributed by atoms with Crippen LogP contribution < -0.4 is 15.5 Å². The van der Waals surface area contributed by atoms with Gasteiger partial charge in [0.2, 0.25) is 5.91 Å². The van der Waals surface area contributed by atoms with Gasteiger partial charge in [-0.3, -0.25) is 9.59 Å². The Hall–Kier alpha value is -3.60. The molecule has 5 heteroatoms. The van der Waals surface area contributed by atoms with E-state index in [1.54, 1.807) is 0 Å². The Morgan fingerprint density at radius 2 is 1.55 bits per heavy atom. The van der Waals surface area contributed by atoms with E-state index in [4.69, 9.17) is 4.74 Å². The molecule has 0 saturated carbocycles. The fourth-order valence-electron chi connectivity index (χ4n) is 4.12. The van der Waals surface area contributed by atoms with Crippen molar-refractivity contribution in [3.63, 3.8) is 0 Å². The number of pyridine rings is 1. The van der Waals surface area contributed by atoms with E-state index < -0.39 is 0 Å². The number of carbonyl (C=O) groups excluding carboxylic acids is 1. The molecular formula is C24H20N2O3. The SMILES string of the molecule is O=C(Cn1c2ccccc2c(=O)c2ccccc21)NC1CCOc2ccccc21. The van der Waals surface area contributed by atoms with Crippen molar-refractivity contribution in [3.8, 4) is 5.75 Å². The Bertz CT molecular complexity index is 1230. The molecule has 29 heavy (non-hydrogen) atoms. The number of carbonyl (C=O) groups is 1. The number of hydrogen-bond acceptors (Lipinski definition) is 3. The summed E-state index contributed by atoms with van der Waals surface area (Å²) < 4.78 is 7.61. The zero-order chi connectivity index (χ0) is 19.8. The maximum absolute atomic E-state index is 13.0. The van der Waals surface area contributed by atoms with E-state index in [1.807, 2.05) is 77.4 Å². The van der Waals surface area contributed by atoms with Gasteiger partial charge in [-0.15, -0.1) is 0 Å². The standard InChI is InChI=1S/C24H20N2O3/c27-23(25-19-13-14-29-22-12-6-3-7-16(19)22)15-26-20-10-4-1-8-17(20)24(28)18-9-2-5-11-21(18)26/h1-12,19H,13-15H2,(H,25,27). The maximum Gasteiger partial charge on any atom is 0.240 e. The van der Waals surface area contributed by atoms with Crippen molar-refractivity contribution < 1.29 is 9.53 Å². The number of fused-ring (bicyclic) bond motifs is 3. The Balaban J connectivity index is 1.53. The lowest BCUT2D eigenvalue weighted by Gasteiger charge is -2.27. The molecule has 0 radical (unpaired) electrons. The molecule has 3 aromatic carbocycles. The molecule has 2 heterocycles. The minimum absolute atomic E-state index is 0.00813. The second-order valence-electron chi connectivity index (χ2n) is 7.24. The first kappa shape index (κ1) is 17.5. The first-order valence-corrected chi connectivity index (χ1v) is 9.74. The van der Waals surface area contributed by atoms with Crippen molar-refractivity contribution >= 4 is 27.7 Å². The lowest BCUT2D eigenvalue weighted by Crippen LogP contribution is -2.34. The minimum atomic E-state index is -0.0920. The highest BCUT2D eigenvalue weighted by Gasteiger charge is 2.23.